The fourth-order valence-corrected chi connectivity index (χ4v) is 3.24. The lowest BCUT2D eigenvalue weighted by molar-refractivity contribution is 0.717. The highest BCUT2D eigenvalue weighted by Gasteiger charge is 2.16. The zero-order valence-corrected chi connectivity index (χ0v) is 11.4. The van der Waals surface area contributed by atoms with Gasteiger partial charge >= 0.3 is 0 Å². The first-order valence-electron chi connectivity index (χ1n) is 6.49. The van der Waals surface area contributed by atoms with Crippen LogP contribution in [0.1, 0.15) is 36.3 Å². The van der Waals surface area contributed by atoms with Gasteiger partial charge in [-0.15, -0.1) is 11.3 Å². The summed E-state index contributed by atoms with van der Waals surface area (Å²) in [5, 5.41) is 3.56. The predicted octanol–water partition coefficient (Wildman–Crippen LogP) is 3.05. The van der Waals surface area contributed by atoms with Crippen LogP contribution in [-0.2, 0) is 6.54 Å². The van der Waals surface area contributed by atoms with Crippen molar-refractivity contribution in [3.8, 4) is 0 Å². The molecule has 0 unspecified atom stereocenters. The van der Waals surface area contributed by atoms with Crippen molar-refractivity contribution in [3.63, 3.8) is 0 Å². The summed E-state index contributed by atoms with van der Waals surface area (Å²) < 4.78 is 2.18. The smallest absolute Gasteiger partial charge is 0.203 e. The minimum atomic E-state index is 0.605. The molecule has 0 atom stereocenters. The van der Waals surface area contributed by atoms with Gasteiger partial charge in [0.05, 0.1) is 17.7 Å². The lowest BCUT2D eigenvalue weighted by Crippen LogP contribution is -2.18. The highest BCUT2D eigenvalue weighted by Crippen LogP contribution is 2.22. The van der Waals surface area contributed by atoms with Gasteiger partial charge in [-0.2, -0.15) is 0 Å². The van der Waals surface area contributed by atoms with Crippen molar-refractivity contribution in [1.29, 1.82) is 0 Å². The molecule has 0 aliphatic heterocycles. The van der Waals surface area contributed by atoms with Crippen molar-refractivity contribution < 1.29 is 0 Å². The predicted molar refractivity (Wildman–Crippen MR) is 74.1 cm³/mol. The Morgan fingerprint density at radius 1 is 1.39 bits per heavy atom. The van der Waals surface area contributed by atoms with E-state index in [-0.39, 0.29) is 0 Å². The lowest BCUT2D eigenvalue weighted by atomic mass is 10.2. The highest BCUT2D eigenvalue weighted by atomic mass is 32.1. The first-order chi connectivity index (χ1) is 8.83. The molecule has 2 heterocycles. The maximum absolute atomic E-state index is 4.43. The molecule has 1 aliphatic carbocycles. The molecule has 1 N–H and O–H groups in total. The Labute approximate surface area is 111 Å². The lowest BCUT2D eigenvalue weighted by Gasteiger charge is -2.14. The van der Waals surface area contributed by atoms with Gasteiger partial charge in [-0.25, -0.2) is 9.97 Å². The fraction of sp³-hybridized carbons (Fsp3) is 0.538. The molecule has 1 saturated carbocycles. The molecular formula is C13H18N4S. The quantitative estimate of drug-likeness (QED) is 0.921. The average molecular weight is 262 g/mol. The van der Waals surface area contributed by atoms with Gasteiger partial charge in [-0.05, 0) is 19.8 Å². The SMILES string of the molecule is Cc1ncsc1Cn1ccnc1NC1CCCC1. The summed E-state index contributed by atoms with van der Waals surface area (Å²) in [6.07, 6.45) is 9.13. The van der Waals surface area contributed by atoms with Gasteiger partial charge in [0.1, 0.15) is 0 Å². The standard InChI is InChI=1S/C13H18N4S/c1-10-12(18-9-15-10)8-17-7-6-14-13(17)16-11-4-2-3-5-11/h6-7,9,11H,2-5,8H2,1H3,(H,14,16). The minimum Gasteiger partial charge on any atom is -0.353 e. The van der Waals surface area contributed by atoms with Crippen LogP contribution in [0, 0.1) is 6.92 Å². The number of hydrogen-bond donors (Lipinski definition) is 1. The van der Waals surface area contributed by atoms with Crippen LogP contribution in [0.2, 0.25) is 0 Å². The second-order valence-corrected chi connectivity index (χ2v) is 5.80. The Morgan fingerprint density at radius 3 is 2.94 bits per heavy atom. The van der Waals surface area contributed by atoms with Crippen LogP contribution in [0.15, 0.2) is 17.9 Å². The van der Waals surface area contributed by atoms with Gasteiger partial charge < -0.3 is 9.88 Å². The van der Waals surface area contributed by atoms with Crippen molar-refractivity contribution >= 4 is 17.3 Å². The Morgan fingerprint density at radius 2 is 2.22 bits per heavy atom. The van der Waals surface area contributed by atoms with E-state index in [9.17, 15) is 0 Å². The topological polar surface area (TPSA) is 42.7 Å². The summed E-state index contributed by atoms with van der Waals surface area (Å²) in [4.78, 5) is 10.0. The van der Waals surface area contributed by atoms with E-state index in [2.05, 4.69) is 26.8 Å². The van der Waals surface area contributed by atoms with Crippen LogP contribution < -0.4 is 5.32 Å². The second kappa shape index (κ2) is 5.10. The Kier molecular flexibility index (Phi) is 3.32. The summed E-state index contributed by atoms with van der Waals surface area (Å²) >= 11 is 1.71. The highest BCUT2D eigenvalue weighted by molar-refractivity contribution is 7.09. The first kappa shape index (κ1) is 11.7. The Hall–Kier alpha value is -1.36. The summed E-state index contributed by atoms with van der Waals surface area (Å²) in [6, 6.07) is 0.605. The van der Waals surface area contributed by atoms with Gasteiger partial charge in [0.15, 0.2) is 0 Å². The molecular weight excluding hydrogens is 244 g/mol. The molecule has 1 aliphatic rings. The van der Waals surface area contributed by atoms with Gasteiger partial charge in [-0.3, -0.25) is 0 Å². The molecule has 5 heteroatoms. The van der Waals surface area contributed by atoms with Gasteiger partial charge in [-0.1, -0.05) is 12.8 Å². The molecule has 4 nitrogen and oxygen atoms in total. The molecule has 3 rings (SSSR count). The van der Waals surface area contributed by atoms with E-state index in [1.54, 1.807) is 11.3 Å². The summed E-state index contributed by atoms with van der Waals surface area (Å²) in [7, 11) is 0. The maximum atomic E-state index is 4.43. The van der Waals surface area contributed by atoms with E-state index < -0.39 is 0 Å². The van der Waals surface area contributed by atoms with Crippen molar-refractivity contribution in [3.05, 3.63) is 28.5 Å². The van der Waals surface area contributed by atoms with E-state index in [0.29, 0.717) is 6.04 Å². The summed E-state index contributed by atoms with van der Waals surface area (Å²) in [5.41, 5.74) is 3.03. The molecule has 1 fully saturated rings. The van der Waals surface area contributed by atoms with Crippen LogP contribution in [-0.4, -0.2) is 20.6 Å². The number of anilines is 1. The molecule has 0 aromatic carbocycles. The molecule has 2 aromatic heterocycles. The minimum absolute atomic E-state index is 0.605. The average Bonchev–Trinajstić information content (AvgIpc) is 3.06. The maximum Gasteiger partial charge on any atom is 0.203 e. The van der Waals surface area contributed by atoms with Gasteiger partial charge in [0, 0.05) is 23.3 Å². The van der Waals surface area contributed by atoms with Crippen molar-refractivity contribution in [2.75, 3.05) is 5.32 Å². The van der Waals surface area contributed by atoms with Crippen molar-refractivity contribution in [2.24, 2.45) is 0 Å². The van der Waals surface area contributed by atoms with E-state index >= 15 is 0 Å². The van der Waals surface area contributed by atoms with Crippen LogP contribution >= 0.6 is 11.3 Å². The zero-order chi connectivity index (χ0) is 12.4. The molecule has 2 aromatic rings. The van der Waals surface area contributed by atoms with Crippen molar-refractivity contribution in [1.82, 2.24) is 14.5 Å². The number of hydrogen-bond acceptors (Lipinski definition) is 4. The van der Waals surface area contributed by atoms with Gasteiger partial charge in [0.2, 0.25) is 5.95 Å². The number of thiazole rings is 1. The number of nitrogens with one attached hydrogen (secondary N) is 1. The summed E-state index contributed by atoms with van der Waals surface area (Å²) in [6.45, 7) is 2.93. The number of aryl methyl sites for hydroxylation is 1. The third-order valence-corrected chi connectivity index (χ3v) is 4.48. The van der Waals surface area contributed by atoms with Crippen LogP contribution in [0.25, 0.3) is 0 Å². The molecule has 0 saturated heterocycles. The van der Waals surface area contributed by atoms with E-state index in [1.807, 2.05) is 17.9 Å². The number of rotatable bonds is 4. The Balaban J connectivity index is 1.72. The summed E-state index contributed by atoms with van der Waals surface area (Å²) in [5.74, 6) is 0.995. The Bertz CT molecular complexity index is 511. The largest absolute Gasteiger partial charge is 0.353 e. The molecule has 0 bridgehead atoms. The number of aromatic nitrogens is 3. The molecule has 96 valence electrons. The van der Waals surface area contributed by atoms with Crippen LogP contribution in [0.4, 0.5) is 5.95 Å². The van der Waals surface area contributed by atoms with E-state index in [4.69, 9.17) is 0 Å². The molecule has 0 spiro atoms. The number of imidazole rings is 1. The number of nitrogens with zero attached hydrogens (tertiary/aromatic N) is 3. The monoisotopic (exact) mass is 262 g/mol. The van der Waals surface area contributed by atoms with Gasteiger partial charge in [0.25, 0.3) is 0 Å². The van der Waals surface area contributed by atoms with Crippen molar-refractivity contribution in [2.45, 2.75) is 45.2 Å². The van der Waals surface area contributed by atoms with E-state index in [1.165, 1.54) is 30.6 Å². The third kappa shape index (κ3) is 2.41. The first-order valence-corrected chi connectivity index (χ1v) is 7.37. The molecule has 18 heavy (non-hydrogen) atoms. The van der Waals surface area contributed by atoms with E-state index in [0.717, 1.165) is 18.2 Å². The zero-order valence-electron chi connectivity index (χ0n) is 10.6. The molecule has 0 radical (unpaired) electrons. The fourth-order valence-electron chi connectivity index (χ4n) is 2.46. The third-order valence-electron chi connectivity index (χ3n) is 3.56. The molecule has 0 amide bonds. The van der Waals surface area contributed by atoms with Crippen LogP contribution in [0.5, 0.6) is 0 Å². The second-order valence-electron chi connectivity index (χ2n) is 4.87. The van der Waals surface area contributed by atoms with Crippen LogP contribution in [0.3, 0.4) is 0 Å². The normalized spacial score (nSPS) is 16.3.